The molecule has 0 unspecified atom stereocenters. The molecule has 1 aromatic heterocycles. The number of nitrogens with zero attached hydrogens (tertiary/aromatic N) is 1. The molecular weight excluding hydrogens is 206 g/mol. The van der Waals surface area contributed by atoms with Gasteiger partial charge in [0.2, 0.25) is 5.43 Å². The minimum absolute atomic E-state index is 0.0692. The largest absolute Gasteiger partial charge is 0.360 e. The van der Waals surface area contributed by atoms with E-state index >= 15 is 0 Å². The highest BCUT2D eigenvalue weighted by Crippen LogP contribution is 2.06. The fraction of sp³-hybridized carbons (Fsp3) is 0. The molecule has 0 bridgehead atoms. The summed E-state index contributed by atoms with van der Waals surface area (Å²) in [7, 11) is 0. The third kappa shape index (κ3) is 1.53. The van der Waals surface area contributed by atoms with Crippen LogP contribution in [0.25, 0.3) is 10.9 Å². The van der Waals surface area contributed by atoms with Crippen LogP contribution in [0.15, 0.2) is 35.3 Å². The van der Waals surface area contributed by atoms with Gasteiger partial charge in [0.1, 0.15) is 5.56 Å². The molecule has 0 aliphatic carbocycles. The van der Waals surface area contributed by atoms with E-state index in [0.717, 1.165) is 0 Å². The van der Waals surface area contributed by atoms with Crippen LogP contribution in [0.2, 0.25) is 0 Å². The van der Waals surface area contributed by atoms with Crippen LogP contribution in [-0.2, 0) is 0 Å². The molecule has 0 radical (unpaired) electrons. The van der Waals surface area contributed by atoms with Gasteiger partial charge in [-0.05, 0) is 12.1 Å². The molecule has 16 heavy (non-hydrogen) atoms. The van der Waals surface area contributed by atoms with Crippen molar-refractivity contribution < 1.29 is 4.79 Å². The van der Waals surface area contributed by atoms with Crippen molar-refractivity contribution in [1.82, 2.24) is 10.3 Å². The Hall–Kier alpha value is -2.61. The number of aromatic nitrogens is 1. The van der Waals surface area contributed by atoms with Crippen LogP contribution < -0.4 is 10.7 Å². The van der Waals surface area contributed by atoms with E-state index in [0.29, 0.717) is 10.9 Å². The second-order valence-electron chi connectivity index (χ2n) is 3.14. The smallest absolute Gasteiger partial charge is 0.269 e. The van der Waals surface area contributed by atoms with Crippen LogP contribution in [0.1, 0.15) is 10.4 Å². The number of pyridine rings is 1. The van der Waals surface area contributed by atoms with Gasteiger partial charge in [0.05, 0.1) is 0 Å². The topological polar surface area (TPSA) is 85.8 Å². The van der Waals surface area contributed by atoms with Crippen molar-refractivity contribution in [3.63, 3.8) is 0 Å². The van der Waals surface area contributed by atoms with E-state index in [1.165, 1.54) is 12.4 Å². The standard InChI is InChI=1S/C11H7N3O2/c12-6-14-11(16)8-5-13-9-4-2-1-3-7(9)10(8)15/h1-5H,(H,13,15)(H,14,16). The highest BCUT2D eigenvalue weighted by Gasteiger charge is 2.11. The number of amides is 1. The lowest BCUT2D eigenvalue weighted by molar-refractivity contribution is 0.0971. The van der Waals surface area contributed by atoms with Crippen molar-refractivity contribution in [2.75, 3.05) is 0 Å². The van der Waals surface area contributed by atoms with Crippen molar-refractivity contribution in [3.8, 4) is 6.19 Å². The van der Waals surface area contributed by atoms with Crippen molar-refractivity contribution in [3.05, 3.63) is 46.2 Å². The average molecular weight is 213 g/mol. The molecule has 2 N–H and O–H groups in total. The summed E-state index contributed by atoms with van der Waals surface area (Å²) >= 11 is 0. The summed E-state index contributed by atoms with van der Waals surface area (Å²) in [5, 5.41) is 10.6. The van der Waals surface area contributed by atoms with Gasteiger partial charge in [-0.2, -0.15) is 5.26 Å². The number of para-hydroxylation sites is 1. The van der Waals surface area contributed by atoms with E-state index in [1.54, 1.807) is 24.3 Å². The van der Waals surface area contributed by atoms with E-state index in [2.05, 4.69) is 4.98 Å². The van der Waals surface area contributed by atoms with Crippen molar-refractivity contribution in [2.45, 2.75) is 0 Å². The Morgan fingerprint density at radius 1 is 1.38 bits per heavy atom. The fourth-order valence-electron chi connectivity index (χ4n) is 1.45. The molecule has 1 amide bonds. The monoisotopic (exact) mass is 213 g/mol. The third-order valence-corrected chi connectivity index (χ3v) is 2.20. The van der Waals surface area contributed by atoms with E-state index in [1.807, 2.05) is 5.32 Å². The number of rotatable bonds is 1. The first-order valence-corrected chi connectivity index (χ1v) is 4.54. The number of H-pyrrole nitrogens is 1. The van der Waals surface area contributed by atoms with Gasteiger partial charge < -0.3 is 4.98 Å². The molecule has 5 nitrogen and oxygen atoms in total. The number of nitrogens with one attached hydrogen (secondary N) is 2. The Balaban J connectivity index is 2.67. The predicted molar refractivity (Wildman–Crippen MR) is 57.6 cm³/mol. The van der Waals surface area contributed by atoms with E-state index in [-0.39, 0.29) is 11.0 Å². The number of fused-ring (bicyclic) bond motifs is 1. The molecule has 2 rings (SSSR count). The summed E-state index contributed by atoms with van der Waals surface area (Å²) in [6.45, 7) is 0. The van der Waals surface area contributed by atoms with Gasteiger partial charge in [0.25, 0.3) is 5.91 Å². The van der Waals surface area contributed by atoms with Crippen molar-refractivity contribution >= 4 is 16.8 Å². The first-order valence-electron chi connectivity index (χ1n) is 4.54. The molecule has 1 heterocycles. The lowest BCUT2D eigenvalue weighted by atomic mass is 10.1. The third-order valence-electron chi connectivity index (χ3n) is 2.20. The Morgan fingerprint density at radius 3 is 2.88 bits per heavy atom. The quantitative estimate of drug-likeness (QED) is 0.541. The Kier molecular flexibility index (Phi) is 2.40. The van der Waals surface area contributed by atoms with Crippen molar-refractivity contribution in [2.24, 2.45) is 0 Å². The zero-order chi connectivity index (χ0) is 11.5. The minimum Gasteiger partial charge on any atom is -0.360 e. The fourth-order valence-corrected chi connectivity index (χ4v) is 1.45. The minimum atomic E-state index is -0.700. The molecule has 5 heteroatoms. The van der Waals surface area contributed by atoms with E-state index in [4.69, 9.17) is 5.26 Å². The van der Waals surface area contributed by atoms with Gasteiger partial charge in [-0.1, -0.05) is 12.1 Å². The second-order valence-corrected chi connectivity index (χ2v) is 3.14. The zero-order valence-electron chi connectivity index (χ0n) is 8.15. The van der Waals surface area contributed by atoms with Crippen LogP contribution in [0, 0.1) is 11.5 Å². The van der Waals surface area contributed by atoms with Gasteiger partial charge in [-0.15, -0.1) is 0 Å². The Labute approximate surface area is 90.3 Å². The second kappa shape index (κ2) is 3.87. The molecule has 0 atom stereocenters. The van der Waals surface area contributed by atoms with Crippen molar-refractivity contribution in [1.29, 1.82) is 5.26 Å². The lowest BCUT2D eigenvalue weighted by Crippen LogP contribution is -2.25. The first kappa shape index (κ1) is 9.93. The predicted octanol–water partition coefficient (Wildman–Crippen LogP) is 0.739. The first-order chi connectivity index (χ1) is 7.74. The number of aromatic amines is 1. The summed E-state index contributed by atoms with van der Waals surface area (Å²) in [6, 6.07) is 6.86. The van der Waals surface area contributed by atoms with Gasteiger partial charge in [-0.25, -0.2) is 0 Å². The van der Waals surface area contributed by atoms with Gasteiger partial charge >= 0.3 is 0 Å². The number of carbonyl (C=O) groups excluding carboxylic acids is 1. The molecule has 1 aromatic carbocycles. The van der Waals surface area contributed by atoms with Crippen LogP contribution in [0.5, 0.6) is 0 Å². The van der Waals surface area contributed by atoms with E-state index < -0.39 is 5.91 Å². The number of hydrogen-bond donors (Lipinski definition) is 2. The van der Waals surface area contributed by atoms with Crippen LogP contribution in [0.3, 0.4) is 0 Å². The zero-order valence-corrected chi connectivity index (χ0v) is 8.15. The van der Waals surface area contributed by atoms with Crippen LogP contribution in [-0.4, -0.2) is 10.9 Å². The SMILES string of the molecule is N#CNC(=O)c1c[nH]c2ccccc2c1=O. The molecule has 2 aromatic rings. The number of benzene rings is 1. The number of nitriles is 1. The maximum absolute atomic E-state index is 11.9. The molecule has 0 saturated carbocycles. The molecule has 0 spiro atoms. The molecule has 78 valence electrons. The summed E-state index contributed by atoms with van der Waals surface area (Å²) < 4.78 is 0. The highest BCUT2D eigenvalue weighted by molar-refractivity contribution is 5.97. The highest BCUT2D eigenvalue weighted by atomic mass is 16.2. The molecule has 0 aliphatic rings. The maximum atomic E-state index is 11.9. The van der Waals surface area contributed by atoms with Gasteiger partial charge in [0.15, 0.2) is 6.19 Å². The average Bonchev–Trinajstić information content (AvgIpc) is 2.30. The molecule has 0 aliphatic heterocycles. The van der Waals surface area contributed by atoms with Crippen LogP contribution >= 0.6 is 0 Å². The summed E-state index contributed by atoms with van der Waals surface area (Å²) in [5.74, 6) is -0.700. The summed E-state index contributed by atoms with van der Waals surface area (Å²) in [4.78, 5) is 26.0. The maximum Gasteiger partial charge on any atom is 0.269 e. The Morgan fingerprint density at radius 2 is 2.12 bits per heavy atom. The Bertz CT molecular complexity index is 652. The molecular formula is C11H7N3O2. The lowest BCUT2D eigenvalue weighted by Gasteiger charge is -2.00. The van der Waals surface area contributed by atoms with E-state index in [9.17, 15) is 9.59 Å². The van der Waals surface area contributed by atoms with Gasteiger partial charge in [-0.3, -0.25) is 14.9 Å². The van der Waals surface area contributed by atoms with Gasteiger partial charge in [0, 0.05) is 17.1 Å². The normalized spacial score (nSPS) is 9.69. The molecule has 0 fully saturated rings. The molecule has 0 saturated heterocycles. The summed E-state index contributed by atoms with van der Waals surface area (Å²) in [6.07, 6.45) is 2.79. The summed E-state index contributed by atoms with van der Waals surface area (Å²) in [5.41, 5.74) is 0.198. The number of carbonyl (C=O) groups is 1. The number of hydrogen-bond acceptors (Lipinski definition) is 3. The van der Waals surface area contributed by atoms with Crippen LogP contribution in [0.4, 0.5) is 0 Å².